The summed E-state index contributed by atoms with van der Waals surface area (Å²) in [4.78, 5) is 0. The van der Waals surface area contributed by atoms with Crippen LogP contribution in [0.15, 0.2) is 18.2 Å². The third-order valence-electron chi connectivity index (χ3n) is 2.17. The monoisotopic (exact) mass is 243 g/mol. The Labute approximate surface area is 105 Å². The summed E-state index contributed by atoms with van der Waals surface area (Å²) in [5.41, 5.74) is 7.81. The Morgan fingerprint density at radius 3 is 2.56 bits per heavy atom. The third-order valence-corrected chi connectivity index (χ3v) is 2.17. The molecule has 0 aromatic heterocycles. The molecule has 0 saturated carbocycles. The predicted octanol–water partition coefficient (Wildman–Crippen LogP) is 3.68. The van der Waals surface area contributed by atoms with Crippen molar-refractivity contribution in [3.63, 3.8) is 0 Å². The van der Waals surface area contributed by atoms with Crippen LogP contribution in [0.5, 0.6) is 5.75 Å². The summed E-state index contributed by atoms with van der Waals surface area (Å²) < 4.78 is 5.69. The van der Waals surface area contributed by atoms with E-state index < -0.39 is 0 Å². The van der Waals surface area contributed by atoms with E-state index in [2.05, 4.69) is 20.8 Å². The lowest BCUT2D eigenvalue weighted by Gasteiger charge is -2.13. The van der Waals surface area contributed by atoms with Crippen LogP contribution in [0.25, 0.3) is 0 Å². The lowest BCUT2D eigenvalue weighted by Crippen LogP contribution is -2.02. The summed E-state index contributed by atoms with van der Waals surface area (Å²) in [7, 11) is 0. The number of ether oxygens (including phenoxy) is 1. The maximum atomic E-state index is 5.78. The molecule has 0 fully saturated rings. The van der Waals surface area contributed by atoms with Gasteiger partial charge in [0.2, 0.25) is 0 Å². The zero-order chi connectivity index (χ0) is 11.3. The summed E-state index contributed by atoms with van der Waals surface area (Å²) in [5, 5.41) is 0. The summed E-state index contributed by atoms with van der Waals surface area (Å²) in [5.74, 6) is 1.61. The second-order valence-electron chi connectivity index (χ2n) is 4.31. The van der Waals surface area contributed by atoms with Crippen LogP contribution in [0, 0.1) is 5.92 Å². The first kappa shape index (κ1) is 15.1. The smallest absolute Gasteiger partial charge is 0.122 e. The van der Waals surface area contributed by atoms with Gasteiger partial charge in [-0.25, -0.2) is 0 Å². The number of halogens is 1. The fourth-order valence-electron chi connectivity index (χ4n) is 1.55. The summed E-state index contributed by atoms with van der Waals surface area (Å²) in [6.45, 7) is 7.29. The molecule has 1 rings (SSSR count). The van der Waals surface area contributed by atoms with E-state index in [9.17, 15) is 0 Å². The molecule has 3 heteroatoms. The van der Waals surface area contributed by atoms with Crippen molar-refractivity contribution in [2.75, 3.05) is 12.3 Å². The van der Waals surface area contributed by atoms with Crippen LogP contribution in [-0.4, -0.2) is 6.61 Å². The maximum absolute atomic E-state index is 5.78. The average molecular weight is 244 g/mol. The molecule has 2 N–H and O–H groups in total. The largest absolute Gasteiger partial charge is 0.493 e. The number of anilines is 1. The molecule has 0 aliphatic heterocycles. The summed E-state index contributed by atoms with van der Waals surface area (Å²) in [6, 6.07) is 5.89. The minimum Gasteiger partial charge on any atom is -0.493 e. The van der Waals surface area contributed by atoms with Crippen molar-refractivity contribution in [1.82, 2.24) is 0 Å². The third kappa shape index (κ3) is 4.75. The second-order valence-corrected chi connectivity index (χ2v) is 4.31. The van der Waals surface area contributed by atoms with Gasteiger partial charge in [-0.15, -0.1) is 12.4 Å². The van der Waals surface area contributed by atoms with Crippen molar-refractivity contribution >= 4 is 18.1 Å². The molecule has 0 bridgehead atoms. The van der Waals surface area contributed by atoms with Gasteiger partial charge in [-0.3, -0.25) is 0 Å². The average Bonchev–Trinajstić information content (AvgIpc) is 2.16. The molecule has 0 aliphatic rings. The second kappa shape index (κ2) is 7.39. The van der Waals surface area contributed by atoms with Crippen molar-refractivity contribution in [2.45, 2.75) is 33.6 Å². The SMILES string of the molecule is CCCOc1ccc(N)cc1CC(C)C.Cl. The maximum Gasteiger partial charge on any atom is 0.122 e. The van der Waals surface area contributed by atoms with Crippen LogP contribution in [0.4, 0.5) is 5.69 Å². The molecule has 16 heavy (non-hydrogen) atoms. The number of nitrogen functional groups attached to an aromatic ring is 1. The molecular formula is C13H22ClNO. The Balaban J connectivity index is 0.00000225. The Morgan fingerprint density at radius 2 is 2.00 bits per heavy atom. The number of rotatable bonds is 5. The predicted molar refractivity (Wildman–Crippen MR) is 72.4 cm³/mol. The first-order valence-corrected chi connectivity index (χ1v) is 5.64. The fraction of sp³-hybridized carbons (Fsp3) is 0.538. The molecular weight excluding hydrogens is 222 g/mol. The standard InChI is InChI=1S/C13H21NO.ClH/c1-4-7-15-13-6-5-12(14)9-11(13)8-10(2)3;/h5-6,9-10H,4,7-8,14H2,1-3H3;1H. The molecule has 92 valence electrons. The van der Waals surface area contributed by atoms with Crippen LogP contribution in [-0.2, 0) is 6.42 Å². The van der Waals surface area contributed by atoms with Crippen molar-refractivity contribution in [1.29, 1.82) is 0 Å². The minimum atomic E-state index is 0. The zero-order valence-corrected chi connectivity index (χ0v) is 11.1. The molecule has 1 aromatic rings. The van der Waals surface area contributed by atoms with E-state index in [1.54, 1.807) is 0 Å². The van der Waals surface area contributed by atoms with E-state index in [0.29, 0.717) is 5.92 Å². The van der Waals surface area contributed by atoms with Gasteiger partial charge in [-0.05, 0) is 42.5 Å². The van der Waals surface area contributed by atoms with Gasteiger partial charge in [-0.2, -0.15) is 0 Å². The Bertz CT molecular complexity index is 313. The van der Waals surface area contributed by atoms with Crippen LogP contribution < -0.4 is 10.5 Å². The molecule has 0 atom stereocenters. The van der Waals surface area contributed by atoms with Crippen LogP contribution >= 0.6 is 12.4 Å². The molecule has 0 radical (unpaired) electrons. The first-order valence-electron chi connectivity index (χ1n) is 5.64. The normalized spacial score (nSPS) is 10.0. The van der Waals surface area contributed by atoms with Crippen LogP contribution in [0.3, 0.4) is 0 Å². The molecule has 0 saturated heterocycles. The van der Waals surface area contributed by atoms with E-state index >= 15 is 0 Å². The van der Waals surface area contributed by atoms with Gasteiger partial charge in [-0.1, -0.05) is 20.8 Å². The Kier molecular flexibility index (Phi) is 6.98. The highest BCUT2D eigenvalue weighted by atomic mass is 35.5. The van der Waals surface area contributed by atoms with Crippen molar-refractivity contribution in [2.24, 2.45) is 5.92 Å². The lowest BCUT2D eigenvalue weighted by atomic mass is 10.0. The highest BCUT2D eigenvalue weighted by Crippen LogP contribution is 2.24. The van der Waals surface area contributed by atoms with Gasteiger partial charge in [0.25, 0.3) is 0 Å². The number of benzene rings is 1. The zero-order valence-electron chi connectivity index (χ0n) is 10.3. The van der Waals surface area contributed by atoms with Crippen molar-refractivity contribution < 1.29 is 4.74 Å². The van der Waals surface area contributed by atoms with Crippen molar-refractivity contribution in [3.05, 3.63) is 23.8 Å². The number of hydrogen-bond acceptors (Lipinski definition) is 2. The van der Waals surface area contributed by atoms with Gasteiger partial charge >= 0.3 is 0 Å². The Hall–Kier alpha value is -0.890. The molecule has 0 aliphatic carbocycles. The fourth-order valence-corrected chi connectivity index (χ4v) is 1.55. The van der Waals surface area contributed by atoms with E-state index in [1.165, 1.54) is 5.56 Å². The number of nitrogens with two attached hydrogens (primary N) is 1. The van der Waals surface area contributed by atoms with E-state index in [4.69, 9.17) is 10.5 Å². The molecule has 0 unspecified atom stereocenters. The summed E-state index contributed by atoms with van der Waals surface area (Å²) >= 11 is 0. The van der Waals surface area contributed by atoms with Gasteiger partial charge in [0, 0.05) is 5.69 Å². The molecule has 0 amide bonds. The van der Waals surface area contributed by atoms with Gasteiger partial charge in [0.15, 0.2) is 0 Å². The van der Waals surface area contributed by atoms with Crippen molar-refractivity contribution in [3.8, 4) is 5.75 Å². The van der Waals surface area contributed by atoms with Gasteiger partial charge < -0.3 is 10.5 Å². The highest BCUT2D eigenvalue weighted by Gasteiger charge is 2.06. The summed E-state index contributed by atoms with van der Waals surface area (Å²) in [6.07, 6.45) is 2.05. The quantitative estimate of drug-likeness (QED) is 0.801. The van der Waals surface area contributed by atoms with E-state index in [1.807, 2.05) is 18.2 Å². The lowest BCUT2D eigenvalue weighted by molar-refractivity contribution is 0.313. The number of hydrogen-bond donors (Lipinski definition) is 1. The Morgan fingerprint density at radius 1 is 1.31 bits per heavy atom. The van der Waals surface area contributed by atoms with Crippen LogP contribution in [0.2, 0.25) is 0 Å². The molecule has 1 aromatic carbocycles. The first-order chi connectivity index (χ1) is 7.13. The highest BCUT2D eigenvalue weighted by molar-refractivity contribution is 5.85. The topological polar surface area (TPSA) is 35.2 Å². The van der Waals surface area contributed by atoms with Crippen LogP contribution in [0.1, 0.15) is 32.8 Å². The van der Waals surface area contributed by atoms with E-state index in [0.717, 1.165) is 30.9 Å². The van der Waals surface area contributed by atoms with Gasteiger partial charge in [0.05, 0.1) is 6.61 Å². The molecule has 0 spiro atoms. The van der Waals surface area contributed by atoms with E-state index in [-0.39, 0.29) is 12.4 Å². The molecule has 0 heterocycles. The molecule has 2 nitrogen and oxygen atoms in total. The van der Waals surface area contributed by atoms with Gasteiger partial charge in [0.1, 0.15) is 5.75 Å². The minimum absolute atomic E-state index is 0.